The lowest BCUT2D eigenvalue weighted by Gasteiger charge is -2.36. The van der Waals surface area contributed by atoms with Gasteiger partial charge >= 0.3 is 0 Å². The first kappa shape index (κ1) is 19.6. The third-order valence-electron chi connectivity index (χ3n) is 4.67. The van der Waals surface area contributed by atoms with Crippen LogP contribution in [0.25, 0.3) is 0 Å². The molecule has 1 unspecified atom stereocenters. The average molecular weight is 343 g/mol. The highest BCUT2D eigenvalue weighted by Crippen LogP contribution is 2.43. The first-order valence-corrected chi connectivity index (χ1v) is 7.80. The number of halogens is 1. The number of carbonyl (C=O) groups excluding carboxylic acids is 1. The quantitative estimate of drug-likeness (QED) is 0.733. The molecule has 0 saturated carbocycles. The second-order valence-electron chi connectivity index (χ2n) is 6.26. The molecule has 1 aliphatic rings. The fraction of sp³-hybridized carbons (Fsp3) is 0.588. The summed E-state index contributed by atoms with van der Waals surface area (Å²) >= 11 is 0. The Hall–Kier alpha value is -1.46. The summed E-state index contributed by atoms with van der Waals surface area (Å²) in [5.41, 5.74) is 8.15. The van der Waals surface area contributed by atoms with Crippen molar-refractivity contribution in [2.45, 2.75) is 52.6 Å². The number of nitrogens with one attached hydrogen (secondary N) is 1. The number of hydrogen-bond donors (Lipinski definition) is 3. The van der Waals surface area contributed by atoms with Crippen LogP contribution in [0.15, 0.2) is 0 Å². The molecule has 0 aliphatic carbocycles. The Kier molecular flexibility index (Phi) is 6.31. The van der Waals surface area contributed by atoms with Crippen LogP contribution in [0.5, 0.6) is 11.5 Å². The summed E-state index contributed by atoms with van der Waals surface area (Å²) in [6, 6.07) is 0. The van der Waals surface area contributed by atoms with Crippen molar-refractivity contribution in [2.24, 2.45) is 5.73 Å². The molecule has 0 spiro atoms. The van der Waals surface area contributed by atoms with Crippen molar-refractivity contribution < 1.29 is 14.6 Å². The molecule has 1 aromatic rings. The van der Waals surface area contributed by atoms with Crippen molar-refractivity contribution in [1.29, 1.82) is 0 Å². The summed E-state index contributed by atoms with van der Waals surface area (Å²) < 4.78 is 6.10. The van der Waals surface area contributed by atoms with E-state index in [-0.39, 0.29) is 18.3 Å². The zero-order valence-corrected chi connectivity index (χ0v) is 15.1. The SMILES string of the molecule is Cc1c(C)c2c(c(C)c1O)CCC(C)(C(=O)NCCCN)O2.Cl. The highest BCUT2D eigenvalue weighted by atomic mass is 35.5. The number of nitrogens with two attached hydrogens (primary N) is 1. The first-order chi connectivity index (χ1) is 10.3. The van der Waals surface area contributed by atoms with Gasteiger partial charge in [-0.25, -0.2) is 0 Å². The van der Waals surface area contributed by atoms with Crippen LogP contribution in [0.3, 0.4) is 0 Å². The van der Waals surface area contributed by atoms with E-state index in [9.17, 15) is 9.90 Å². The predicted octanol–water partition coefficient (Wildman–Crippen LogP) is 2.29. The topological polar surface area (TPSA) is 84.6 Å². The summed E-state index contributed by atoms with van der Waals surface area (Å²) in [4.78, 5) is 12.4. The zero-order chi connectivity index (χ0) is 16.5. The monoisotopic (exact) mass is 342 g/mol. The number of carbonyl (C=O) groups is 1. The number of amides is 1. The largest absolute Gasteiger partial charge is 0.507 e. The average Bonchev–Trinajstić information content (AvgIpc) is 2.51. The molecule has 0 aromatic heterocycles. The van der Waals surface area contributed by atoms with E-state index in [2.05, 4.69) is 5.32 Å². The maximum absolute atomic E-state index is 12.4. The molecule has 1 amide bonds. The third kappa shape index (κ3) is 3.56. The molecule has 4 N–H and O–H groups in total. The number of phenols is 1. The first-order valence-electron chi connectivity index (χ1n) is 7.80. The Labute approximate surface area is 144 Å². The Morgan fingerprint density at radius 1 is 1.30 bits per heavy atom. The van der Waals surface area contributed by atoms with Crippen molar-refractivity contribution in [3.8, 4) is 11.5 Å². The van der Waals surface area contributed by atoms with E-state index in [1.807, 2.05) is 27.7 Å². The van der Waals surface area contributed by atoms with E-state index in [4.69, 9.17) is 10.5 Å². The van der Waals surface area contributed by atoms with Crippen LogP contribution in [-0.4, -0.2) is 29.7 Å². The van der Waals surface area contributed by atoms with E-state index in [0.717, 1.165) is 40.8 Å². The van der Waals surface area contributed by atoms with Crippen LogP contribution < -0.4 is 15.8 Å². The minimum absolute atomic E-state index is 0. The number of phenolic OH excluding ortho intramolecular Hbond substituents is 1. The fourth-order valence-electron chi connectivity index (χ4n) is 2.90. The Morgan fingerprint density at radius 2 is 1.96 bits per heavy atom. The second kappa shape index (κ2) is 7.41. The van der Waals surface area contributed by atoms with Gasteiger partial charge < -0.3 is 20.9 Å². The number of rotatable bonds is 4. The van der Waals surface area contributed by atoms with E-state index in [1.165, 1.54) is 0 Å². The molecule has 0 radical (unpaired) electrons. The standard InChI is InChI=1S/C17H26N2O3.ClH/c1-10-11(2)15-13(12(3)14(10)20)6-7-17(4,22-15)16(21)19-9-5-8-18;/h20H,5-9,18H2,1-4H3,(H,19,21);1H. The van der Waals surface area contributed by atoms with Gasteiger partial charge in [0.05, 0.1) is 0 Å². The van der Waals surface area contributed by atoms with Gasteiger partial charge in [0, 0.05) is 18.5 Å². The predicted molar refractivity (Wildman–Crippen MR) is 93.6 cm³/mol. The van der Waals surface area contributed by atoms with Gasteiger partial charge in [-0.05, 0) is 63.8 Å². The van der Waals surface area contributed by atoms with Crippen LogP contribution in [0.4, 0.5) is 0 Å². The molecule has 0 fully saturated rings. The van der Waals surface area contributed by atoms with Crippen molar-refractivity contribution in [2.75, 3.05) is 13.1 Å². The molecule has 5 nitrogen and oxygen atoms in total. The number of aromatic hydroxyl groups is 1. The summed E-state index contributed by atoms with van der Waals surface area (Å²) in [7, 11) is 0. The van der Waals surface area contributed by atoms with Gasteiger partial charge in [-0.15, -0.1) is 12.4 Å². The molecule has 130 valence electrons. The molecule has 6 heteroatoms. The molecule has 2 rings (SSSR count). The van der Waals surface area contributed by atoms with Gasteiger partial charge in [0.1, 0.15) is 11.5 Å². The Morgan fingerprint density at radius 3 is 2.57 bits per heavy atom. The number of hydrogen-bond acceptors (Lipinski definition) is 4. The van der Waals surface area contributed by atoms with Gasteiger partial charge in [0.25, 0.3) is 5.91 Å². The summed E-state index contributed by atoms with van der Waals surface area (Å²) in [5, 5.41) is 13.1. The normalized spacial score (nSPS) is 19.3. The minimum atomic E-state index is -0.873. The Balaban J connectivity index is 0.00000264. The van der Waals surface area contributed by atoms with Gasteiger partial charge in [0.15, 0.2) is 5.60 Å². The number of ether oxygens (including phenoxy) is 1. The smallest absolute Gasteiger partial charge is 0.263 e. The molecule has 1 heterocycles. The van der Waals surface area contributed by atoms with Gasteiger partial charge in [-0.1, -0.05) is 0 Å². The maximum atomic E-state index is 12.4. The lowest BCUT2D eigenvalue weighted by molar-refractivity contribution is -0.136. The molecular weight excluding hydrogens is 316 g/mol. The minimum Gasteiger partial charge on any atom is -0.507 e. The molecule has 23 heavy (non-hydrogen) atoms. The van der Waals surface area contributed by atoms with Crippen LogP contribution in [0, 0.1) is 20.8 Å². The van der Waals surface area contributed by atoms with E-state index >= 15 is 0 Å². The molecular formula is C17H27ClN2O3. The lowest BCUT2D eigenvalue weighted by Crippen LogP contribution is -2.51. The van der Waals surface area contributed by atoms with Crippen molar-refractivity contribution in [3.05, 3.63) is 22.3 Å². The van der Waals surface area contributed by atoms with E-state index in [0.29, 0.717) is 25.3 Å². The van der Waals surface area contributed by atoms with Gasteiger partial charge in [0.2, 0.25) is 0 Å². The fourth-order valence-corrected chi connectivity index (χ4v) is 2.90. The lowest BCUT2D eigenvalue weighted by atomic mass is 9.86. The second-order valence-corrected chi connectivity index (χ2v) is 6.26. The Bertz CT molecular complexity index is 604. The summed E-state index contributed by atoms with van der Waals surface area (Å²) in [5.74, 6) is 0.973. The number of fused-ring (bicyclic) bond motifs is 1. The summed E-state index contributed by atoms with van der Waals surface area (Å²) in [6.45, 7) is 8.63. The maximum Gasteiger partial charge on any atom is 0.263 e. The van der Waals surface area contributed by atoms with Crippen molar-refractivity contribution >= 4 is 18.3 Å². The van der Waals surface area contributed by atoms with Crippen LogP contribution in [0.1, 0.15) is 42.0 Å². The van der Waals surface area contributed by atoms with E-state index in [1.54, 1.807) is 0 Å². The highest BCUT2D eigenvalue weighted by molar-refractivity contribution is 5.86. The zero-order valence-electron chi connectivity index (χ0n) is 14.3. The summed E-state index contributed by atoms with van der Waals surface area (Å²) in [6.07, 6.45) is 2.07. The van der Waals surface area contributed by atoms with Crippen LogP contribution in [-0.2, 0) is 11.2 Å². The number of benzene rings is 1. The van der Waals surface area contributed by atoms with Crippen molar-refractivity contribution in [1.82, 2.24) is 5.32 Å². The molecule has 1 atom stereocenters. The highest BCUT2D eigenvalue weighted by Gasteiger charge is 2.40. The van der Waals surface area contributed by atoms with E-state index < -0.39 is 5.60 Å². The molecule has 0 saturated heterocycles. The van der Waals surface area contributed by atoms with Crippen LogP contribution >= 0.6 is 12.4 Å². The molecule has 0 bridgehead atoms. The molecule has 1 aromatic carbocycles. The molecule has 1 aliphatic heterocycles. The van der Waals surface area contributed by atoms with Gasteiger partial charge in [-0.2, -0.15) is 0 Å². The van der Waals surface area contributed by atoms with Gasteiger partial charge in [-0.3, -0.25) is 4.79 Å². The third-order valence-corrected chi connectivity index (χ3v) is 4.67. The van der Waals surface area contributed by atoms with Crippen LogP contribution in [0.2, 0.25) is 0 Å². The van der Waals surface area contributed by atoms with Crippen molar-refractivity contribution in [3.63, 3.8) is 0 Å².